The van der Waals surface area contributed by atoms with E-state index in [2.05, 4.69) is 49.2 Å². The van der Waals surface area contributed by atoms with Crippen LogP contribution in [-0.2, 0) is 16.1 Å². The van der Waals surface area contributed by atoms with Crippen LogP contribution in [0.25, 0.3) is 11.1 Å². The van der Waals surface area contributed by atoms with Gasteiger partial charge < -0.3 is 24.8 Å². The van der Waals surface area contributed by atoms with Crippen molar-refractivity contribution in [2.45, 2.75) is 39.7 Å². The van der Waals surface area contributed by atoms with Gasteiger partial charge in [0, 0.05) is 48.4 Å². The van der Waals surface area contributed by atoms with Crippen molar-refractivity contribution in [3.05, 3.63) is 64.5 Å². The van der Waals surface area contributed by atoms with E-state index in [-0.39, 0.29) is 12.3 Å². The smallest absolute Gasteiger partial charge is 0.304 e. The zero-order valence-electron chi connectivity index (χ0n) is 21.0. The molecule has 2 aromatic carbocycles. The number of aliphatic carboxylic acids is 1. The number of carboxylic acids is 1. The summed E-state index contributed by atoms with van der Waals surface area (Å²) in [4.78, 5) is 23.0. The summed E-state index contributed by atoms with van der Waals surface area (Å²) < 4.78 is 11.2. The number of benzene rings is 2. The lowest BCUT2D eigenvalue weighted by Gasteiger charge is -2.27. The van der Waals surface area contributed by atoms with Crippen molar-refractivity contribution in [2.24, 2.45) is 0 Å². The number of aromatic nitrogens is 2. The normalized spacial score (nSPS) is 17.0. The average molecular weight is 489 g/mol. The SMILES string of the molecule is Cc1nc(N2CCOCC2)nc(C)c1-c1cccc(CNc2ccc3c(c2)OCC3CC(=O)O)c1C. The second-order valence-electron chi connectivity index (χ2n) is 9.47. The molecule has 5 rings (SSSR count). The van der Waals surface area contributed by atoms with E-state index in [4.69, 9.17) is 24.5 Å². The van der Waals surface area contributed by atoms with E-state index in [9.17, 15) is 4.79 Å². The lowest BCUT2D eigenvalue weighted by Crippen LogP contribution is -2.37. The highest BCUT2D eigenvalue weighted by Crippen LogP contribution is 2.38. The Kier molecular flexibility index (Phi) is 6.78. The van der Waals surface area contributed by atoms with E-state index in [0.717, 1.165) is 58.6 Å². The number of ether oxygens (including phenoxy) is 2. The monoisotopic (exact) mass is 488 g/mol. The predicted octanol–water partition coefficient (Wildman–Crippen LogP) is 4.47. The molecule has 0 amide bonds. The first-order chi connectivity index (χ1) is 17.4. The second-order valence-corrected chi connectivity index (χ2v) is 9.47. The minimum atomic E-state index is -0.805. The van der Waals surface area contributed by atoms with Gasteiger partial charge >= 0.3 is 5.97 Å². The third-order valence-electron chi connectivity index (χ3n) is 7.07. The molecule has 0 spiro atoms. The molecular formula is C28H32N4O4. The van der Waals surface area contributed by atoms with E-state index in [0.29, 0.717) is 26.4 Å². The summed E-state index contributed by atoms with van der Waals surface area (Å²) in [5, 5.41) is 12.6. The van der Waals surface area contributed by atoms with Gasteiger partial charge in [-0.3, -0.25) is 4.79 Å². The Morgan fingerprint density at radius 3 is 2.58 bits per heavy atom. The van der Waals surface area contributed by atoms with Crippen LogP contribution in [0.5, 0.6) is 5.75 Å². The van der Waals surface area contributed by atoms with E-state index in [1.807, 2.05) is 18.2 Å². The van der Waals surface area contributed by atoms with Gasteiger partial charge in [-0.2, -0.15) is 0 Å². The van der Waals surface area contributed by atoms with E-state index >= 15 is 0 Å². The quantitative estimate of drug-likeness (QED) is 0.503. The van der Waals surface area contributed by atoms with Crippen LogP contribution < -0.4 is 15.0 Å². The lowest BCUT2D eigenvalue weighted by atomic mass is 9.94. The Bertz CT molecular complexity index is 1260. The number of nitrogens with one attached hydrogen (secondary N) is 1. The number of morpholine rings is 1. The van der Waals surface area contributed by atoms with Crippen molar-refractivity contribution in [1.29, 1.82) is 0 Å². The summed E-state index contributed by atoms with van der Waals surface area (Å²) in [5.74, 6) is 0.645. The maximum atomic E-state index is 11.1. The Hall–Kier alpha value is -3.65. The Morgan fingerprint density at radius 1 is 1.11 bits per heavy atom. The molecule has 188 valence electrons. The summed E-state index contributed by atoms with van der Waals surface area (Å²) in [6, 6.07) is 12.3. The van der Waals surface area contributed by atoms with Crippen LogP contribution in [0.3, 0.4) is 0 Å². The first kappa shape index (κ1) is 24.1. The predicted molar refractivity (Wildman–Crippen MR) is 139 cm³/mol. The Labute approximate surface area is 211 Å². The highest BCUT2D eigenvalue weighted by atomic mass is 16.5. The molecule has 0 saturated carbocycles. The third-order valence-corrected chi connectivity index (χ3v) is 7.07. The molecule has 8 heteroatoms. The van der Waals surface area contributed by atoms with Crippen molar-refractivity contribution >= 4 is 17.6 Å². The molecule has 3 aromatic rings. The topological polar surface area (TPSA) is 96.8 Å². The second kappa shape index (κ2) is 10.1. The summed E-state index contributed by atoms with van der Waals surface area (Å²) in [6.45, 7) is 10.4. The zero-order valence-corrected chi connectivity index (χ0v) is 21.0. The number of carboxylic acid groups (broad SMARTS) is 1. The van der Waals surface area contributed by atoms with Crippen molar-refractivity contribution in [2.75, 3.05) is 43.1 Å². The van der Waals surface area contributed by atoms with Crippen molar-refractivity contribution in [3.8, 4) is 16.9 Å². The minimum absolute atomic E-state index is 0.0851. The van der Waals surface area contributed by atoms with E-state index in [1.54, 1.807) is 0 Å². The van der Waals surface area contributed by atoms with Crippen molar-refractivity contribution < 1.29 is 19.4 Å². The standard InChI is InChI=1S/C28H32N4O4/c1-17-20(15-29-22-7-8-24-21(13-26(33)34)16-36-25(24)14-22)5-4-6-23(17)27-18(2)30-28(31-19(27)3)32-9-11-35-12-10-32/h4-8,14,21,29H,9-13,15-16H2,1-3H3,(H,33,34). The molecule has 0 radical (unpaired) electrons. The van der Waals surface area contributed by atoms with Crippen LogP contribution in [0.4, 0.5) is 11.6 Å². The first-order valence-electron chi connectivity index (χ1n) is 12.4. The van der Waals surface area contributed by atoms with Crippen molar-refractivity contribution in [1.82, 2.24) is 9.97 Å². The van der Waals surface area contributed by atoms with Gasteiger partial charge in [-0.15, -0.1) is 0 Å². The number of anilines is 2. The fourth-order valence-corrected chi connectivity index (χ4v) is 5.10. The minimum Gasteiger partial charge on any atom is -0.493 e. The molecule has 3 heterocycles. The molecule has 0 aliphatic carbocycles. The number of rotatable bonds is 7. The number of fused-ring (bicyclic) bond motifs is 1. The molecule has 1 fully saturated rings. The molecule has 1 atom stereocenters. The van der Waals surface area contributed by atoms with Crippen molar-refractivity contribution in [3.63, 3.8) is 0 Å². The van der Waals surface area contributed by atoms with Gasteiger partial charge in [-0.05, 0) is 43.5 Å². The Balaban J connectivity index is 1.34. The number of hydrogen-bond acceptors (Lipinski definition) is 7. The van der Waals surface area contributed by atoms with Gasteiger partial charge in [0.25, 0.3) is 0 Å². The fourth-order valence-electron chi connectivity index (χ4n) is 5.10. The van der Waals surface area contributed by atoms with Crippen LogP contribution in [0, 0.1) is 20.8 Å². The van der Waals surface area contributed by atoms with Crippen LogP contribution in [0.2, 0.25) is 0 Å². The molecule has 2 N–H and O–H groups in total. The largest absolute Gasteiger partial charge is 0.493 e. The molecule has 1 aromatic heterocycles. The third kappa shape index (κ3) is 4.86. The summed E-state index contributed by atoms with van der Waals surface area (Å²) in [5.41, 5.74) is 8.47. The maximum Gasteiger partial charge on any atom is 0.304 e. The lowest BCUT2D eigenvalue weighted by molar-refractivity contribution is -0.137. The van der Waals surface area contributed by atoms with E-state index in [1.165, 1.54) is 11.1 Å². The van der Waals surface area contributed by atoms with Crippen LogP contribution in [-0.4, -0.2) is 54.0 Å². The van der Waals surface area contributed by atoms with Crippen LogP contribution in [0.15, 0.2) is 36.4 Å². The fraction of sp³-hybridized carbons (Fsp3) is 0.393. The van der Waals surface area contributed by atoms with Gasteiger partial charge in [0.2, 0.25) is 5.95 Å². The summed E-state index contributed by atoms with van der Waals surface area (Å²) in [7, 11) is 0. The highest BCUT2D eigenvalue weighted by Gasteiger charge is 2.26. The van der Waals surface area contributed by atoms with Gasteiger partial charge in [0.05, 0.1) is 37.6 Å². The molecule has 0 bridgehead atoms. The zero-order chi connectivity index (χ0) is 25.2. The molecule has 36 heavy (non-hydrogen) atoms. The summed E-state index contributed by atoms with van der Waals surface area (Å²) in [6.07, 6.45) is 0.0851. The number of carbonyl (C=O) groups is 1. The van der Waals surface area contributed by atoms with Gasteiger partial charge in [0.1, 0.15) is 5.75 Å². The molecule has 2 aliphatic rings. The van der Waals surface area contributed by atoms with Gasteiger partial charge in [-0.25, -0.2) is 9.97 Å². The molecule has 1 saturated heterocycles. The maximum absolute atomic E-state index is 11.1. The molecule has 2 aliphatic heterocycles. The summed E-state index contributed by atoms with van der Waals surface area (Å²) >= 11 is 0. The highest BCUT2D eigenvalue weighted by molar-refractivity contribution is 5.73. The van der Waals surface area contributed by atoms with E-state index < -0.39 is 5.97 Å². The molecule has 8 nitrogen and oxygen atoms in total. The number of aryl methyl sites for hydroxylation is 2. The Morgan fingerprint density at radius 2 is 1.86 bits per heavy atom. The van der Waals surface area contributed by atoms with Crippen LogP contribution in [0.1, 0.15) is 40.4 Å². The molecule has 1 unspecified atom stereocenters. The number of nitrogens with zero attached hydrogens (tertiary/aromatic N) is 3. The number of hydrogen-bond donors (Lipinski definition) is 2. The average Bonchev–Trinajstić information content (AvgIpc) is 3.25. The van der Waals surface area contributed by atoms with Gasteiger partial charge in [0.15, 0.2) is 0 Å². The van der Waals surface area contributed by atoms with Gasteiger partial charge in [-0.1, -0.05) is 24.3 Å². The molecular weight excluding hydrogens is 456 g/mol. The van der Waals surface area contributed by atoms with Crippen LogP contribution >= 0.6 is 0 Å². The first-order valence-corrected chi connectivity index (χ1v) is 12.4.